The van der Waals surface area contributed by atoms with Gasteiger partial charge in [-0.1, -0.05) is 48.5 Å². The van der Waals surface area contributed by atoms with E-state index in [1.807, 2.05) is 36.4 Å². The first-order valence-electron chi connectivity index (χ1n) is 8.32. The van der Waals surface area contributed by atoms with E-state index < -0.39 is 4.92 Å². The van der Waals surface area contributed by atoms with Crippen LogP contribution in [0.25, 0.3) is 6.08 Å². The third-order valence-electron chi connectivity index (χ3n) is 3.87. The van der Waals surface area contributed by atoms with Gasteiger partial charge in [-0.25, -0.2) is 4.98 Å². The average Bonchev–Trinajstić information content (AvgIpc) is 2.72. The molecule has 1 amide bonds. The highest BCUT2D eigenvalue weighted by molar-refractivity contribution is 6.03. The quantitative estimate of drug-likeness (QED) is 0.375. The second kappa shape index (κ2) is 8.53. The zero-order valence-electron chi connectivity index (χ0n) is 14.4. The lowest BCUT2D eigenvalue weighted by Crippen LogP contribution is -2.29. The largest absolute Gasteiger partial charge is 0.289 e. The fraction of sp³-hybridized carbons (Fsp3) is 0.0476. The van der Waals surface area contributed by atoms with Gasteiger partial charge in [0.15, 0.2) is 0 Å². The molecule has 0 atom stereocenters. The molecule has 1 aromatic heterocycles. The average molecular weight is 359 g/mol. The van der Waals surface area contributed by atoms with E-state index in [9.17, 15) is 14.9 Å². The van der Waals surface area contributed by atoms with Crippen LogP contribution in [-0.4, -0.2) is 15.8 Å². The van der Waals surface area contributed by atoms with E-state index in [4.69, 9.17) is 0 Å². The molecule has 0 unspecified atom stereocenters. The van der Waals surface area contributed by atoms with Crippen molar-refractivity contribution in [3.05, 3.63) is 106 Å². The van der Waals surface area contributed by atoms with Gasteiger partial charge >= 0.3 is 0 Å². The number of hydrogen-bond acceptors (Lipinski definition) is 4. The van der Waals surface area contributed by atoms with Gasteiger partial charge in [-0.2, -0.15) is 0 Å². The number of pyridine rings is 1. The van der Waals surface area contributed by atoms with Gasteiger partial charge in [0.25, 0.3) is 11.6 Å². The molecule has 0 saturated heterocycles. The van der Waals surface area contributed by atoms with Crippen molar-refractivity contribution >= 4 is 23.5 Å². The minimum absolute atomic E-state index is 0.0181. The molecular weight excluding hydrogens is 342 g/mol. The van der Waals surface area contributed by atoms with Crippen LogP contribution in [-0.2, 0) is 11.3 Å². The Kier molecular flexibility index (Phi) is 5.69. The number of nitro benzene ring substituents is 1. The van der Waals surface area contributed by atoms with Crippen molar-refractivity contribution in [2.45, 2.75) is 6.54 Å². The number of benzene rings is 2. The topological polar surface area (TPSA) is 76.3 Å². The minimum atomic E-state index is -0.464. The van der Waals surface area contributed by atoms with Crippen LogP contribution >= 0.6 is 0 Å². The number of rotatable bonds is 6. The Bertz CT molecular complexity index is 957. The van der Waals surface area contributed by atoms with Crippen LogP contribution in [0, 0.1) is 10.1 Å². The summed E-state index contributed by atoms with van der Waals surface area (Å²) in [4.78, 5) is 29.1. The number of nitrogens with zero attached hydrogens (tertiary/aromatic N) is 3. The van der Waals surface area contributed by atoms with Crippen molar-refractivity contribution in [3.8, 4) is 0 Å². The van der Waals surface area contributed by atoms with E-state index in [1.54, 1.807) is 41.4 Å². The van der Waals surface area contributed by atoms with E-state index in [2.05, 4.69) is 4.98 Å². The summed E-state index contributed by atoms with van der Waals surface area (Å²) in [5, 5.41) is 10.9. The smallest absolute Gasteiger partial charge is 0.270 e. The third kappa shape index (κ3) is 4.85. The fourth-order valence-electron chi connectivity index (χ4n) is 2.55. The lowest BCUT2D eigenvalue weighted by molar-refractivity contribution is -0.384. The summed E-state index contributed by atoms with van der Waals surface area (Å²) in [5.74, 6) is 0.277. The monoisotopic (exact) mass is 359 g/mol. The normalized spacial score (nSPS) is 10.7. The van der Waals surface area contributed by atoms with E-state index in [1.165, 1.54) is 18.2 Å². The Morgan fingerprint density at radius 2 is 1.81 bits per heavy atom. The Hall–Kier alpha value is -3.80. The molecule has 3 aromatic rings. The first-order valence-corrected chi connectivity index (χ1v) is 8.32. The summed E-state index contributed by atoms with van der Waals surface area (Å²) in [7, 11) is 0. The van der Waals surface area contributed by atoms with Crippen molar-refractivity contribution in [2.75, 3.05) is 4.90 Å². The maximum atomic E-state index is 12.8. The summed E-state index contributed by atoms with van der Waals surface area (Å²) in [6.07, 6.45) is 4.60. The molecule has 3 rings (SSSR count). The highest BCUT2D eigenvalue weighted by Gasteiger charge is 2.15. The third-order valence-corrected chi connectivity index (χ3v) is 3.87. The first kappa shape index (κ1) is 18.0. The summed E-state index contributed by atoms with van der Waals surface area (Å²) < 4.78 is 0. The summed E-state index contributed by atoms with van der Waals surface area (Å²) in [5.41, 5.74) is 1.54. The molecule has 6 nitrogen and oxygen atoms in total. The van der Waals surface area contributed by atoms with Gasteiger partial charge in [-0.05, 0) is 29.3 Å². The maximum absolute atomic E-state index is 12.8. The van der Waals surface area contributed by atoms with Gasteiger partial charge in [-0.3, -0.25) is 19.8 Å². The second-order valence-corrected chi connectivity index (χ2v) is 5.78. The molecule has 0 aliphatic carbocycles. The van der Waals surface area contributed by atoms with E-state index >= 15 is 0 Å². The number of non-ortho nitro benzene ring substituents is 1. The van der Waals surface area contributed by atoms with Crippen LogP contribution in [0.5, 0.6) is 0 Å². The Labute approximate surface area is 156 Å². The van der Waals surface area contributed by atoms with Crippen LogP contribution in [0.4, 0.5) is 11.5 Å². The molecule has 27 heavy (non-hydrogen) atoms. The highest BCUT2D eigenvalue weighted by Crippen LogP contribution is 2.17. The summed E-state index contributed by atoms with van der Waals surface area (Å²) in [6, 6.07) is 21.1. The molecule has 0 radical (unpaired) electrons. The van der Waals surface area contributed by atoms with Gasteiger partial charge < -0.3 is 0 Å². The number of carbonyl (C=O) groups excluding carboxylic acids is 1. The van der Waals surface area contributed by atoms with Crippen molar-refractivity contribution in [3.63, 3.8) is 0 Å². The van der Waals surface area contributed by atoms with E-state index in [-0.39, 0.29) is 11.6 Å². The lowest BCUT2D eigenvalue weighted by Gasteiger charge is -2.20. The molecule has 134 valence electrons. The maximum Gasteiger partial charge on any atom is 0.270 e. The van der Waals surface area contributed by atoms with Gasteiger partial charge in [0.2, 0.25) is 0 Å². The highest BCUT2D eigenvalue weighted by atomic mass is 16.6. The number of hydrogen-bond donors (Lipinski definition) is 0. The van der Waals surface area contributed by atoms with Gasteiger partial charge in [0.1, 0.15) is 5.82 Å². The van der Waals surface area contributed by atoms with Crippen LogP contribution < -0.4 is 4.90 Å². The Morgan fingerprint density at radius 1 is 1.04 bits per heavy atom. The molecule has 2 aromatic carbocycles. The van der Waals surface area contributed by atoms with Gasteiger partial charge in [0, 0.05) is 24.4 Å². The first-order chi connectivity index (χ1) is 13.1. The Morgan fingerprint density at radius 3 is 2.52 bits per heavy atom. The van der Waals surface area contributed by atoms with E-state index in [0.717, 1.165) is 5.56 Å². The molecule has 0 aliphatic heterocycles. The predicted molar refractivity (Wildman–Crippen MR) is 104 cm³/mol. The summed E-state index contributed by atoms with van der Waals surface area (Å²) >= 11 is 0. The summed E-state index contributed by atoms with van der Waals surface area (Å²) in [6.45, 7) is 0.371. The zero-order valence-corrected chi connectivity index (χ0v) is 14.4. The molecule has 0 bridgehead atoms. The molecule has 0 N–H and O–H groups in total. The van der Waals surface area contributed by atoms with Crippen molar-refractivity contribution < 1.29 is 9.72 Å². The van der Waals surface area contributed by atoms with Crippen molar-refractivity contribution in [1.29, 1.82) is 0 Å². The molecule has 1 heterocycles. The van der Waals surface area contributed by atoms with Crippen LogP contribution in [0.15, 0.2) is 85.1 Å². The standard InChI is InChI=1S/C21H17N3O3/c25-21(13-12-17-9-6-10-19(15-17)24(26)27)23(20-11-4-5-14-22-20)16-18-7-2-1-3-8-18/h1-15H,16H2. The van der Waals surface area contributed by atoms with Gasteiger partial charge in [0.05, 0.1) is 11.5 Å². The molecule has 0 aliphatic rings. The number of aromatic nitrogens is 1. The second-order valence-electron chi connectivity index (χ2n) is 5.78. The van der Waals surface area contributed by atoms with E-state index in [0.29, 0.717) is 17.9 Å². The number of carbonyl (C=O) groups is 1. The predicted octanol–water partition coefficient (Wildman–Crippen LogP) is 4.24. The molecule has 6 heteroatoms. The molecular formula is C21H17N3O3. The lowest BCUT2D eigenvalue weighted by atomic mass is 10.1. The van der Waals surface area contributed by atoms with Crippen LogP contribution in [0.2, 0.25) is 0 Å². The number of anilines is 1. The Balaban J connectivity index is 1.84. The SMILES string of the molecule is O=C(C=Cc1cccc([N+](=O)[O-])c1)N(Cc1ccccc1)c1ccccn1. The zero-order chi connectivity index (χ0) is 19.1. The molecule has 0 saturated carbocycles. The van der Waals surface area contributed by atoms with Crippen LogP contribution in [0.3, 0.4) is 0 Å². The fourth-order valence-corrected chi connectivity index (χ4v) is 2.55. The molecule has 0 spiro atoms. The van der Waals surface area contributed by atoms with Crippen LogP contribution in [0.1, 0.15) is 11.1 Å². The van der Waals surface area contributed by atoms with Gasteiger partial charge in [-0.15, -0.1) is 0 Å². The van der Waals surface area contributed by atoms with Crippen molar-refractivity contribution in [1.82, 2.24) is 4.98 Å². The number of nitro groups is 1. The molecule has 0 fully saturated rings. The number of amides is 1. The minimum Gasteiger partial charge on any atom is -0.289 e. The van der Waals surface area contributed by atoms with Crippen molar-refractivity contribution in [2.24, 2.45) is 0 Å².